The van der Waals surface area contributed by atoms with Crippen molar-refractivity contribution in [3.05, 3.63) is 12.4 Å². The lowest BCUT2D eigenvalue weighted by Crippen LogP contribution is -2.46. The highest BCUT2D eigenvalue weighted by atomic mass is 32.2. The molecule has 1 saturated heterocycles. The minimum Gasteiger partial charge on any atom is -0.356 e. The van der Waals surface area contributed by atoms with Gasteiger partial charge in [0, 0.05) is 25.2 Å². The summed E-state index contributed by atoms with van der Waals surface area (Å²) in [5.74, 6) is 1.56. The van der Waals surface area contributed by atoms with Gasteiger partial charge < -0.3 is 10.6 Å². The number of rotatable bonds is 2. The Morgan fingerprint density at radius 2 is 2.31 bits per heavy atom. The number of hydrogen-bond donors (Lipinski definition) is 1. The predicted octanol–water partition coefficient (Wildman–Crippen LogP) is 1.37. The molecule has 0 spiro atoms. The second-order valence-electron chi connectivity index (χ2n) is 4.29. The fourth-order valence-electron chi connectivity index (χ4n) is 1.99. The monoisotopic (exact) mass is 238 g/mol. The van der Waals surface area contributed by atoms with Crippen LogP contribution in [0.3, 0.4) is 0 Å². The van der Waals surface area contributed by atoms with Crippen LogP contribution in [-0.2, 0) is 0 Å². The Morgan fingerprint density at radius 1 is 1.50 bits per heavy atom. The second kappa shape index (κ2) is 5.01. The molecular weight excluding hydrogens is 220 g/mol. The molecule has 5 heteroatoms. The predicted molar refractivity (Wildman–Crippen MR) is 67.8 cm³/mol. The molecule has 0 bridgehead atoms. The molecule has 2 heterocycles. The summed E-state index contributed by atoms with van der Waals surface area (Å²) in [7, 11) is 0. The first-order chi connectivity index (χ1) is 7.70. The Balaban J connectivity index is 2.12. The smallest absolute Gasteiger partial charge is 0.133 e. The minimum absolute atomic E-state index is 0.332. The molecule has 16 heavy (non-hydrogen) atoms. The molecule has 1 aromatic heterocycles. The third-order valence-electron chi connectivity index (χ3n) is 3.13. The minimum atomic E-state index is 0.332. The Labute approximate surface area is 101 Å². The van der Waals surface area contributed by atoms with E-state index >= 15 is 0 Å². The number of anilines is 1. The summed E-state index contributed by atoms with van der Waals surface area (Å²) in [6, 6.07) is 2.38. The van der Waals surface area contributed by atoms with Gasteiger partial charge in [0.25, 0.3) is 0 Å². The largest absolute Gasteiger partial charge is 0.356 e. The highest BCUT2D eigenvalue weighted by molar-refractivity contribution is 7.98. The van der Waals surface area contributed by atoms with E-state index in [4.69, 9.17) is 5.73 Å². The summed E-state index contributed by atoms with van der Waals surface area (Å²) in [6.07, 6.45) is 4.71. The molecule has 0 radical (unpaired) electrons. The van der Waals surface area contributed by atoms with Crippen molar-refractivity contribution in [1.29, 1.82) is 0 Å². The quantitative estimate of drug-likeness (QED) is 0.623. The van der Waals surface area contributed by atoms with Crippen molar-refractivity contribution in [3.63, 3.8) is 0 Å². The van der Waals surface area contributed by atoms with Crippen LogP contribution < -0.4 is 10.6 Å². The lowest BCUT2D eigenvalue weighted by molar-refractivity contribution is 0.381. The number of piperidine rings is 1. The normalized spacial score (nSPS) is 25.8. The van der Waals surface area contributed by atoms with Crippen LogP contribution in [0.5, 0.6) is 0 Å². The van der Waals surface area contributed by atoms with E-state index < -0.39 is 0 Å². The van der Waals surface area contributed by atoms with Crippen molar-refractivity contribution in [2.75, 3.05) is 24.2 Å². The first kappa shape index (κ1) is 11.7. The molecule has 1 aliphatic heterocycles. The number of nitrogens with zero attached hydrogens (tertiary/aromatic N) is 3. The van der Waals surface area contributed by atoms with Crippen LogP contribution in [0.2, 0.25) is 0 Å². The van der Waals surface area contributed by atoms with E-state index in [-0.39, 0.29) is 0 Å². The first-order valence-corrected chi connectivity index (χ1v) is 6.79. The van der Waals surface area contributed by atoms with Crippen LogP contribution >= 0.6 is 11.8 Å². The van der Waals surface area contributed by atoms with Crippen LogP contribution in [0.25, 0.3) is 0 Å². The van der Waals surface area contributed by atoms with Crippen molar-refractivity contribution in [3.8, 4) is 0 Å². The van der Waals surface area contributed by atoms with Crippen LogP contribution in [-0.4, -0.2) is 35.4 Å². The Hall–Kier alpha value is -0.810. The number of aromatic nitrogens is 2. The molecule has 1 aliphatic rings. The third kappa shape index (κ3) is 2.47. The Morgan fingerprint density at radius 3 is 3.00 bits per heavy atom. The van der Waals surface area contributed by atoms with Crippen molar-refractivity contribution in [1.82, 2.24) is 9.97 Å². The fraction of sp³-hybridized carbons (Fsp3) is 0.636. The molecule has 1 aromatic rings. The van der Waals surface area contributed by atoms with Gasteiger partial charge >= 0.3 is 0 Å². The van der Waals surface area contributed by atoms with Crippen molar-refractivity contribution in [2.24, 2.45) is 11.7 Å². The van der Waals surface area contributed by atoms with Gasteiger partial charge in [0.15, 0.2) is 0 Å². The average molecular weight is 238 g/mol. The molecule has 0 aromatic carbocycles. The van der Waals surface area contributed by atoms with Gasteiger partial charge in [-0.2, -0.15) is 0 Å². The van der Waals surface area contributed by atoms with Gasteiger partial charge in [-0.3, -0.25) is 0 Å². The summed E-state index contributed by atoms with van der Waals surface area (Å²) in [5.41, 5.74) is 6.01. The zero-order chi connectivity index (χ0) is 11.5. The van der Waals surface area contributed by atoms with E-state index in [1.807, 2.05) is 12.3 Å². The van der Waals surface area contributed by atoms with E-state index in [1.165, 1.54) is 0 Å². The molecule has 2 rings (SSSR count). The van der Waals surface area contributed by atoms with E-state index in [2.05, 4.69) is 21.8 Å². The summed E-state index contributed by atoms with van der Waals surface area (Å²) in [5, 5.41) is 1.02. The SMILES string of the molecule is CSc1cc(N2CCC(N)C(C)C2)ncn1. The zero-order valence-electron chi connectivity index (χ0n) is 9.76. The van der Waals surface area contributed by atoms with Gasteiger partial charge in [-0.15, -0.1) is 11.8 Å². The standard InChI is InChI=1S/C11H18N4S/c1-8-6-15(4-3-9(8)12)10-5-11(16-2)14-7-13-10/h5,7-9H,3-4,6,12H2,1-2H3. The molecule has 2 atom stereocenters. The van der Waals surface area contributed by atoms with Crippen molar-refractivity contribution in [2.45, 2.75) is 24.4 Å². The molecule has 1 fully saturated rings. The third-order valence-corrected chi connectivity index (χ3v) is 3.77. The van der Waals surface area contributed by atoms with Gasteiger partial charge in [0.2, 0.25) is 0 Å². The summed E-state index contributed by atoms with van der Waals surface area (Å²) in [6.45, 7) is 4.19. The Kier molecular flexibility index (Phi) is 3.66. The topological polar surface area (TPSA) is 55.0 Å². The summed E-state index contributed by atoms with van der Waals surface area (Å²) in [4.78, 5) is 10.8. The molecule has 0 saturated carbocycles. The molecule has 0 amide bonds. The van der Waals surface area contributed by atoms with Gasteiger partial charge in [0.1, 0.15) is 17.2 Å². The van der Waals surface area contributed by atoms with Gasteiger partial charge in [-0.25, -0.2) is 9.97 Å². The number of thioether (sulfide) groups is 1. The van der Waals surface area contributed by atoms with Crippen LogP contribution in [0, 0.1) is 5.92 Å². The lowest BCUT2D eigenvalue weighted by atomic mass is 9.95. The molecule has 88 valence electrons. The maximum Gasteiger partial charge on any atom is 0.133 e. The van der Waals surface area contributed by atoms with Crippen LogP contribution in [0.4, 0.5) is 5.82 Å². The molecule has 0 aliphatic carbocycles. The molecule has 2 unspecified atom stereocenters. The van der Waals surface area contributed by atoms with Gasteiger partial charge in [-0.05, 0) is 18.6 Å². The van der Waals surface area contributed by atoms with E-state index in [1.54, 1.807) is 18.1 Å². The number of nitrogens with two attached hydrogens (primary N) is 1. The van der Waals surface area contributed by atoms with Gasteiger partial charge in [0.05, 0.1) is 0 Å². The molecule has 2 N–H and O–H groups in total. The maximum atomic E-state index is 6.01. The van der Waals surface area contributed by atoms with Crippen molar-refractivity contribution < 1.29 is 0 Å². The molecule has 4 nitrogen and oxygen atoms in total. The van der Waals surface area contributed by atoms with Crippen LogP contribution in [0.15, 0.2) is 17.4 Å². The van der Waals surface area contributed by atoms with E-state index in [9.17, 15) is 0 Å². The highest BCUT2D eigenvalue weighted by Crippen LogP contribution is 2.22. The van der Waals surface area contributed by atoms with Crippen molar-refractivity contribution >= 4 is 17.6 Å². The number of hydrogen-bond acceptors (Lipinski definition) is 5. The second-order valence-corrected chi connectivity index (χ2v) is 5.12. The lowest BCUT2D eigenvalue weighted by Gasteiger charge is -2.35. The van der Waals surface area contributed by atoms with Crippen LogP contribution in [0.1, 0.15) is 13.3 Å². The van der Waals surface area contributed by atoms with E-state index in [0.717, 1.165) is 30.4 Å². The zero-order valence-corrected chi connectivity index (χ0v) is 10.6. The first-order valence-electron chi connectivity index (χ1n) is 5.57. The molecular formula is C11H18N4S. The average Bonchev–Trinajstić information content (AvgIpc) is 2.33. The summed E-state index contributed by atoms with van der Waals surface area (Å²) >= 11 is 1.65. The summed E-state index contributed by atoms with van der Waals surface area (Å²) < 4.78 is 0. The highest BCUT2D eigenvalue weighted by Gasteiger charge is 2.23. The Bertz CT molecular complexity index is 358. The fourth-order valence-corrected chi connectivity index (χ4v) is 2.36. The van der Waals surface area contributed by atoms with E-state index in [0.29, 0.717) is 12.0 Å². The maximum absolute atomic E-state index is 6.01. The van der Waals surface area contributed by atoms with Gasteiger partial charge in [-0.1, -0.05) is 6.92 Å².